The number of amides is 3. The molecule has 3 amide bonds. The van der Waals surface area contributed by atoms with Crippen molar-refractivity contribution in [1.29, 1.82) is 0 Å². The average Bonchev–Trinajstić information content (AvgIpc) is 3.12. The average molecular weight is 351 g/mol. The minimum absolute atomic E-state index is 0.134. The molecule has 2 fully saturated rings. The Bertz CT molecular complexity index is 640. The van der Waals surface area contributed by atoms with Crippen molar-refractivity contribution in [2.45, 2.75) is 30.8 Å². The molecule has 6 heteroatoms. The molecule has 2 aliphatic heterocycles. The number of imide groups is 1. The number of aryl methyl sites for hydroxylation is 1. The Kier molecular flexibility index (Phi) is 2.87. The number of halogens is 1. The van der Waals surface area contributed by atoms with Crippen LogP contribution in [0.3, 0.4) is 0 Å². The minimum Gasteiger partial charge on any atom is -0.378 e. The molecule has 110 valence electrons. The van der Waals surface area contributed by atoms with Crippen LogP contribution in [0.25, 0.3) is 0 Å². The third-order valence-electron chi connectivity index (χ3n) is 4.68. The molecular formula is C15H15BrN2O3. The molecule has 5 nitrogen and oxygen atoms in total. The number of carbonyl (C=O) groups excluding carboxylic acids is 2. The number of hydrogen-bond donors (Lipinski definition) is 1. The minimum atomic E-state index is -0.824. The summed E-state index contributed by atoms with van der Waals surface area (Å²) in [6.07, 6.45) is 2.25. The number of carbonyl (C=O) groups is 2. The predicted octanol–water partition coefficient (Wildman–Crippen LogP) is 2.15. The number of fused-ring (bicyclic) bond motifs is 1. The first-order valence-electron chi connectivity index (χ1n) is 7.13. The number of ether oxygens (including phenoxy) is 1. The van der Waals surface area contributed by atoms with E-state index in [1.54, 1.807) is 0 Å². The van der Waals surface area contributed by atoms with Crippen molar-refractivity contribution in [3.8, 4) is 0 Å². The Morgan fingerprint density at radius 1 is 1.38 bits per heavy atom. The molecule has 1 spiro atoms. The number of rotatable bonds is 1. The number of nitrogens with one attached hydrogen (secondary N) is 1. The highest BCUT2D eigenvalue weighted by molar-refractivity contribution is 9.10. The van der Waals surface area contributed by atoms with Gasteiger partial charge in [-0.05, 0) is 36.1 Å². The van der Waals surface area contributed by atoms with Crippen molar-refractivity contribution in [2.24, 2.45) is 0 Å². The van der Waals surface area contributed by atoms with Crippen molar-refractivity contribution in [3.63, 3.8) is 0 Å². The summed E-state index contributed by atoms with van der Waals surface area (Å²) in [5.74, 6) is -0.134. The number of hydrogen-bond acceptors (Lipinski definition) is 3. The van der Waals surface area contributed by atoms with E-state index in [0.29, 0.717) is 13.0 Å². The van der Waals surface area contributed by atoms with Crippen LogP contribution < -0.4 is 5.32 Å². The largest absolute Gasteiger partial charge is 0.378 e. The van der Waals surface area contributed by atoms with Crippen LogP contribution in [0.2, 0.25) is 0 Å². The number of benzene rings is 1. The van der Waals surface area contributed by atoms with Gasteiger partial charge in [0.25, 0.3) is 5.91 Å². The van der Waals surface area contributed by atoms with Gasteiger partial charge in [-0.2, -0.15) is 0 Å². The summed E-state index contributed by atoms with van der Waals surface area (Å²) in [6, 6.07) is 5.60. The van der Waals surface area contributed by atoms with E-state index in [9.17, 15) is 9.59 Å². The van der Waals surface area contributed by atoms with Gasteiger partial charge >= 0.3 is 6.03 Å². The molecule has 2 atom stereocenters. The molecular weight excluding hydrogens is 336 g/mol. The van der Waals surface area contributed by atoms with Gasteiger partial charge in [0.05, 0.1) is 12.6 Å². The molecule has 3 aliphatic rings. The highest BCUT2D eigenvalue weighted by Gasteiger charge is 2.55. The Hall–Kier alpha value is -1.40. The van der Waals surface area contributed by atoms with E-state index < -0.39 is 5.54 Å². The molecule has 0 aromatic heterocycles. The zero-order valence-electron chi connectivity index (χ0n) is 11.4. The van der Waals surface area contributed by atoms with E-state index in [2.05, 4.69) is 27.3 Å². The molecule has 2 heterocycles. The van der Waals surface area contributed by atoms with Crippen LogP contribution in [0, 0.1) is 0 Å². The van der Waals surface area contributed by atoms with Gasteiger partial charge in [-0.3, -0.25) is 9.69 Å². The molecule has 0 bridgehead atoms. The first-order chi connectivity index (χ1) is 10.1. The highest BCUT2D eigenvalue weighted by atomic mass is 79.9. The van der Waals surface area contributed by atoms with Crippen LogP contribution in [0.5, 0.6) is 0 Å². The van der Waals surface area contributed by atoms with Crippen LogP contribution in [0.1, 0.15) is 30.0 Å². The molecule has 1 aliphatic carbocycles. The lowest BCUT2D eigenvalue weighted by atomic mass is 9.98. The molecule has 1 aromatic carbocycles. The summed E-state index contributed by atoms with van der Waals surface area (Å²) in [5, 5.41) is 2.85. The van der Waals surface area contributed by atoms with Gasteiger partial charge in [0.2, 0.25) is 0 Å². The molecule has 2 unspecified atom stereocenters. The fourth-order valence-electron chi connectivity index (χ4n) is 3.59. The second kappa shape index (κ2) is 4.55. The number of nitrogens with zero attached hydrogens (tertiary/aromatic N) is 1. The lowest BCUT2D eigenvalue weighted by molar-refractivity contribution is -0.133. The van der Waals surface area contributed by atoms with Crippen LogP contribution in [-0.2, 0) is 16.0 Å². The second-order valence-corrected chi connectivity index (χ2v) is 6.80. The van der Waals surface area contributed by atoms with Gasteiger partial charge in [0, 0.05) is 17.5 Å². The summed E-state index contributed by atoms with van der Waals surface area (Å²) in [4.78, 5) is 26.5. The zero-order valence-corrected chi connectivity index (χ0v) is 13.0. The van der Waals surface area contributed by atoms with Crippen LogP contribution in [0.4, 0.5) is 4.79 Å². The second-order valence-electron chi connectivity index (χ2n) is 5.89. The van der Waals surface area contributed by atoms with Crippen LogP contribution in [0.15, 0.2) is 22.7 Å². The van der Waals surface area contributed by atoms with Gasteiger partial charge < -0.3 is 10.1 Å². The maximum atomic E-state index is 12.8. The van der Waals surface area contributed by atoms with E-state index in [0.717, 1.165) is 22.9 Å². The molecule has 2 saturated heterocycles. The van der Waals surface area contributed by atoms with Gasteiger partial charge in [0.15, 0.2) is 0 Å². The quantitative estimate of drug-likeness (QED) is 0.789. The Morgan fingerprint density at radius 3 is 3.00 bits per heavy atom. The molecule has 1 aromatic rings. The van der Waals surface area contributed by atoms with Gasteiger partial charge in [-0.25, -0.2) is 4.79 Å². The van der Waals surface area contributed by atoms with Crippen molar-refractivity contribution in [2.75, 3.05) is 13.2 Å². The van der Waals surface area contributed by atoms with Crippen molar-refractivity contribution in [3.05, 3.63) is 33.8 Å². The van der Waals surface area contributed by atoms with E-state index in [4.69, 9.17) is 4.74 Å². The van der Waals surface area contributed by atoms with Gasteiger partial charge in [-0.1, -0.05) is 22.0 Å². The van der Waals surface area contributed by atoms with Crippen LogP contribution >= 0.6 is 15.9 Å². The van der Waals surface area contributed by atoms with Crippen molar-refractivity contribution >= 4 is 27.9 Å². The molecule has 21 heavy (non-hydrogen) atoms. The lowest BCUT2D eigenvalue weighted by Crippen LogP contribution is -2.47. The third kappa shape index (κ3) is 1.85. The fourth-order valence-corrected chi connectivity index (χ4v) is 4.00. The monoisotopic (exact) mass is 350 g/mol. The maximum absolute atomic E-state index is 12.8. The Morgan fingerprint density at radius 2 is 2.24 bits per heavy atom. The summed E-state index contributed by atoms with van der Waals surface area (Å²) < 4.78 is 6.36. The predicted molar refractivity (Wildman–Crippen MR) is 78.7 cm³/mol. The summed E-state index contributed by atoms with van der Waals surface area (Å²) in [6.45, 7) is 0.808. The molecule has 1 N–H and O–H groups in total. The fraction of sp³-hybridized carbons (Fsp3) is 0.467. The lowest BCUT2D eigenvalue weighted by Gasteiger charge is -2.23. The number of urea groups is 1. The topological polar surface area (TPSA) is 58.6 Å². The highest BCUT2D eigenvalue weighted by Crippen LogP contribution is 2.41. The maximum Gasteiger partial charge on any atom is 0.325 e. The van der Waals surface area contributed by atoms with E-state index in [-0.39, 0.29) is 24.6 Å². The van der Waals surface area contributed by atoms with Crippen molar-refractivity contribution in [1.82, 2.24) is 10.2 Å². The van der Waals surface area contributed by atoms with Crippen molar-refractivity contribution < 1.29 is 14.3 Å². The smallest absolute Gasteiger partial charge is 0.325 e. The van der Waals surface area contributed by atoms with E-state index in [1.165, 1.54) is 10.5 Å². The first kappa shape index (κ1) is 13.3. The SMILES string of the molecule is O=C1NC2(CCOC2)C(=O)N1C1CCc2cc(Br)ccc21. The molecule has 0 saturated carbocycles. The third-order valence-corrected chi connectivity index (χ3v) is 5.17. The van der Waals surface area contributed by atoms with Gasteiger partial charge in [-0.15, -0.1) is 0 Å². The Balaban J connectivity index is 1.69. The van der Waals surface area contributed by atoms with Crippen LogP contribution in [-0.4, -0.2) is 35.6 Å². The molecule has 0 radical (unpaired) electrons. The standard InChI is InChI=1S/C15H15BrN2O3/c16-10-2-3-11-9(7-10)1-4-12(11)18-13(19)15(17-14(18)20)5-6-21-8-15/h2-3,7,12H,1,4-6,8H2,(H,17,20). The normalized spacial score (nSPS) is 31.1. The zero-order chi connectivity index (χ0) is 14.6. The summed E-state index contributed by atoms with van der Waals surface area (Å²) >= 11 is 3.46. The first-order valence-corrected chi connectivity index (χ1v) is 7.92. The van der Waals surface area contributed by atoms with E-state index in [1.807, 2.05) is 12.1 Å². The Labute approximate surface area is 130 Å². The summed E-state index contributed by atoms with van der Waals surface area (Å²) in [7, 11) is 0. The van der Waals surface area contributed by atoms with E-state index >= 15 is 0 Å². The van der Waals surface area contributed by atoms with Gasteiger partial charge in [0.1, 0.15) is 5.54 Å². The molecule has 4 rings (SSSR count). The summed E-state index contributed by atoms with van der Waals surface area (Å²) in [5.41, 5.74) is 1.46.